The number of Topliss-reactive ketones (excluding diaryl/α,β-unsaturated/α-hetero) is 1. The van der Waals surface area contributed by atoms with Gasteiger partial charge in [0, 0.05) is 23.0 Å². The smallest absolute Gasteiger partial charge is 0.203 e. The lowest BCUT2D eigenvalue weighted by Crippen LogP contribution is -2.40. The maximum atomic E-state index is 13.1. The van der Waals surface area contributed by atoms with E-state index < -0.39 is 0 Å². The Kier molecular flexibility index (Phi) is 3.10. The van der Waals surface area contributed by atoms with Crippen LogP contribution in [0, 0.1) is 5.92 Å². The maximum absolute atomic E-state index is 13.1. The van der Waals surface area contributed by atoms with Crippen molar-refractivity contribution in [2.45, 2.75) is 25.0 Å². The highest BCUT2D eigenvalue weighted by molar-refractivity contribution is 6.20. The summed E-state index contributed by atoms with van der Waals surface area (Å²) in [5, 5.41) is 0. The van der Waals surface area contributed by atoms with Gasteiger partial charge in [0.25, 0.3) is 0 Å². The first-order valence-electron chi connectivity index (χ1n) is 8.56. The summed E-state index contributed by atoms with van der Waals surface area (Å²) in [7, 11) is 0. The quantitative estimate of drug-likeness (QED) is 0.792. The van der Waals surface area contributed by atoms with E-state index >= 15 is 0 Å². The average Bonchev–Trinajstić information content (AvgIpc) is 2.93. The van der Waals surface area contributed by atoms with Crippen molar-refractivity contribution >= 4 is 11.5 Å². The van der Waals surface area contributed by atoms with Gasteiger partial charge in [-0.2, -0.15) is 0 Å². The Morgan fingerprint density at radius 1 is 0.917 bits per heavy atom. The molecule has 1 fully saturated rings. The van der Waals surface area contributed by atoms with Gasteiger partial charge >= 0.3 is 0 Å². The van der Waals surface area contributed by atoms with Gasteiger partial charge in [-0.05, 0) is 18.4 Å². The number of hydrogen-bond donors (Lipinski definition) is 0. The average molecular weight is 318 g/mol. The normalized spacial score (nSPS) is 28.0. The number of carbonyl (C=O) groups is 1. The zero-order valence-corrected chi connectivity index (χ0v) is 13.3. The monoisotopic (exact) mass is 318 g/mol. The van der Waals surface area contributed by atoms with Crippen molar-refractivity contribution in [3.63, 3.8) is 0 Å². The number of hydrogen-bond acceptors (Lipinski definition) is 3. The van der Waals surface area contributed by atoms with Crippen LogP contribution in [0.3, 0.4) is 0 Å². The SMILES string of the molecule is O=C1C2=C(O[C@H]3OCCC[C@H]3[C@@H]2c2ccccc2)c2ccccc21. The van der Waals surface area contributed by atoms with E-state index in [2.05, 4.69) is 12.1 Å². The lowest BCUT2D eigenvalue weighted by Gasteiger charge is -2.41. The van der Waals surface area contributed by atoms with Crippen molar-refractivity contribution in [3.8, 4) is 0 Å². The van der Waals surface area contributed by atoms with Gasteiger partial charge in [-0.1, -0.05) is 54.6 Å². The van der Waals surface area contributed by atoms with Gasteiger partial charge in [0.1, 0.15) is 5.76 Å². The molecule has 5 rings (SSSR count). The molecular formula is C21H18O3. The topological polar surface area (TPSA) is 35.5 Å². The van der Waals surface area contributed by atoms with E-state index in [1.165, 1.54) is 5.56 Å². The van der Waals surface area contributed by atoms with Crippen LogP contribution in [0.1, 0.15) is 40.2 Å². The van der Waals surface area contributed by atoms with Gasteiger partial charge in [0.05, 0.1) is 12.2 Å². The van der Waals surface area contributed by atoms with Crippen LogP contribution in [-0.2, 0) is 9.47 Å². The fourth-order valence-corrected chi connectivity index (χ4v) is 4.31. The lowest BCUT2D eigenvalue weighted by atomic mass is 9.74. The Labute approximate surface area is 140 Å². The standard InChI is InChI=1S/C21H18O3/c22-19-14-9-4-5-10-15(14)20-18(19)17(13-7-2-1-3-8-13)16-11-6-12-23-21(16)24-20/h1-5,7-10,16-17,21H,6,11-12H2/t16-,17-,21+/m0/s1. The molecule has 0 amide bonds. The van der Waals surface area contributed by atoms with E-state index in [4.69, 9.17) is 9.47 Å². The number of fused-ring (bicyclic) bond motifs is 3. The minimum atomic E-state index is -0.262. The Bertz CT molecular complexity index is 837. The summed E-state index contributed by atoms with van der Waals surface area (Å²) in [6.07, 6.45) is 1.77. The fraction of sp³-hybridized carbons (Fsp3) is 0.286. The van der Waals surface area contributed by atoms with Gasteiger partial charge in [-0.3, -0.25) is 4.79 Å². The number of rotatable bonds is 1. The van der Waals surface area contributed by atoms with Crippen molar-refractivity contribution in [3.05, 3.63) is 76.9 Å². The molecule has 0 bridgehead atoms. The summed E-state index contributed by atoms with van der Waals surface area (Å²) in [6.45, 7) is 0.723. The molecule has 3 aliphatic rings. The second kappa shape index (κ2) is 5.32. The molecule has 0 spiro atoms. The molecule has 120 valence electrons. The fourth-order valence-electron chi connectivity index (χ4n) is 4.31. The summed E-state index contributed by atoms with van der Waals surface area (Å²) >= 11 is 0. The van der Waals surface area contributed by atoms with E-state index in [1.807, 2.05) is 42.5 Å². The number of allylic oxidation sites excluding steroid dienone is 1. The molecule has 0 radical (unpaired) electrons. The summed E-state index contributed by atoms with van der Waals surface area (Å²) < 4.78 is 12.1. The summed E-state index contributed by atoms with van der Waals surface area (Å²) in [6, 6.07) is 18.1. The molecule has 1 saturated heterocycles. The van der Waals surface area contributed by atoms with Crippen molar-refractivity contribution in [2.24, 2.45) is 5.92 Å². The van der Waals surface area contributed by atoms with E-state index in [9.17, 15) is 4.79 Å². The first-order chi connectivity index (χ1) is 11.8. The van der Waals surface area contributed by atoms with Crippen LogP contribution in [0.15, 0.2) is 60.2 Å². The summed E-state index contributed by atoms with van der Waals surface area (Å²) in [4.78, 5) is 13.1. The number of carbonyl (C=O) groups excluding carboxylic acids is 1. The summed E-state index contributed by atoms with van der Waals surface area (Å²) in [5.74, 6) is 1.07. The molecule has 2 aliphatic heterocycles. The molecule has 3 atom stereocenters. The van der Waals surface area contributed by atoms with Gasteiger partial charge in [-0.25, -0.2) is 0 Å². The second-order valence-corrected chi connectivity index (χ2v) is 6.67. The van der Waals surface area contributed by atoms with Crippen LogP contribution < -0.4 is 0 Å². The van der Waals surface area contributed by atoms with Gasteiger partial charge in [-0.15, -0.1) is 0 Å². The maximum Gasteiger partial charge on any atom is 0.203 e. The number of ether oxygens (including phenoxy) is 2. The largest absolute Gasteiger partial charge is 0.463 e. The van der Waals surface area contributed by atoms with Crippen LogP contribution >= 0.6 is 0 Å². The third-order valence-electron chi connectivity index (χ3n) is 5.35. The molecule has 3 nitrogen and oxygen atoms in total. The van der Waals surface area contributed by atoms with Gasteiger partial charge < -0.3 is 9.47 Å². The van der Waals surface area contributed by atoms with Crippen molar-refractivity contribution in [2.75, 3.05) is 6.61 Å². The first kappa shape index (κ1) is 14.0. The van der Waals surface area contributed by atoms with E-state index in [0.29, 0.717) is 0 Å². The number of benzene rings is 2. The Balaban J connectivity index is 1.71. The number of ketones is 1. The van der Waals surface area contributed by atoms with E-state index in [-0.39, 0.29) is 23.9 Å². The molecular weight excluding hydrogens is 300 g/mol. The lowest BCUT2D eigenvalue weighted by molar-refractivity contribution is -0.165. The highest BCUT2D eigenvalue weighted by Gasteiger charge is 2.48. The Morgan fingerprint density at radius 2 is 1.67 bits per heavy atom. The molecule has 3 heteroatoms. The molecule has 0 N–H and O–H groups in total. The van der Waals surface area contributed by atoms with Crippen LogP contribution in [0.25, 0.3) is 5.76 Å². The second-order valence-electron chi connectivity index (χ2n) is 6.67. The zero-order chi connectivity index (χ0) is 16.1. The third-order valence-corrected chi connectivity index (χ3v) is 5.35. The minimum Gasteiger partial charge on any atom is -0.463 e. The van der Waals surface area contributed by atoms with Crippen molar-refractivity contribution < 1.29 is 14.3 Å². The highest BCUT2D eigenvalue weighted by atomic mass is 16.7. The molecule has 2 aromatic carbocycles. The molecule has 24 heavy (non-hydrogen) atoms. The molecule has 1 aliphatic carbocycles. The molecule has 2 heterocycles. The van der Waals surface area contributed by atoms with Crippen LogP contribution in [0.5, 0.6) is 0 Å². The van der Waals surface area contributed by atoms with Crippen molar-refractivity contribution in [1.82, 2.24) is 0 Å². The highest BCUT2D eigenvalue weighted by Crippen LogP contribution is 2.51. The van der Waals surface area contributed by atoms with E-state index in [0.717, 1.165) is 41.9 Å². The van der Waals surface area contributed by atoms with Gasteiger partial charge in [0.15, 0.2) is 5.78 Å². The first-order valence-corrected chi connectivity index (χ1v) is 8.56. The van der Waals surface area contributed by atoms with Crippen LogP contribution in [0.2, 0.25) is 0 Å². The van der Waals surface area contributed by atoms with Gasteiger partial charge in [0.2, 0.25) is 6.29 Å². The Hall–Kier alpha value is -2.39. The molecule has 0 aromatic heterocycles. The van der Waals surface area contributed by atoms with Crippen LogP contribution in [-0.4, -0.2) is 18.7 Å². The van der Waals surface area contributed by atoms with Crippen LogP contribution in [0.4, 0.5) is 0 Å². The third kappa shape index (κ3) is 1.91. The predicted molar refractivity (Wildman–Crippen MR) is 90.4 cm³/mol. The summed E-state index contributed by atoms with van der Waals surface area (Å²) in [5.41, 5.74) is 3.65. The zero-order valence-electron chi connectivity index (χ0n) is 13.3. The minimum absolute atomic E-state index is 0.0418. The van der Waals surface area contributed by atoms with E-state index in [1.54, 1.807) is 0 Å². The predicted octanol–water partition coefficient (Wildman–Crippen LogP) is 4.16. The molecule has 2 aromatic rings. The van der Waals surface area contributed by atoms with Crippen molar-refractivity contribution in [1.29, 1.82) is 0 Å². The Morgan fingerprint density at radius 3 is 2.50 bits per heavy atom. The molecule has 0 saturated carbocycles. The molecule has 0 unspecified atom stereocenters.